The minimum absolute atomic E-state index is 0.598. The van der Waals surface area contributed by atoms with Gasteiger partial charge < -0.3 is 15.2 Å². The summed E-state index contributed by atoms with van der Waals surface area (Å²) in [5.74, 6) is 2.64. The molecule has 0 radical (unpaired) electrons. The number of nitrogens with zero attached hydrogens (tertiary/aromatic N) is 4. The molecule has 0 atom stereocenters. The second-order valence-corrected chi connectivity index (χ2v) is 4.98. The maximum absolute atomic E-state index is 4.50. The number of aromatic nitrogens is 4. The van der Waals surface area contributed by atoms with E-state index in [0.29, 0.717) is 11.6 Å². The highest BCUT2D eigenvalue weighted by Gasteiger charge is 2.12. The number of nitrogens with one attached hydrogen (secondary N) is 2. The Labute approximate surface area is 111 Å². The van der Waals surface area contributed by atoms with E-state index in [9.17, 15) is 0 Å². The molecule has 98 valence electrons. The first-order valence-electron chi connectivity index (χ1n) is 5.85. The third-order valence-corrected chi connectivity index (χ3v) is 3.39. The minimum atomic E-state index is 0.598. The first kappa shape index (κ1) is 12.9. The normalized spacial score (nSPS) is 10.8. The predicted molar refractivity (Wildman–Crippen MR) is 77.5 cm³/mol. The highest BCUT2D eigenvalue weighted by atomic mass is 32.2. The average molecular weight is 266 g/mol. The monoisotopic (exact) mass is 266 g/mol. The van der Waals surface area contributed by atoms with Gasteiger partial charge in [-0.1, -0.05) is 0 Å². The molecular formula is C11H18N6S. The van der Waals surface area contributed by atoms with E-state index >= 15 is 0 Å². The van der Waals surface area contributed by atoms with E-state index in [2.05, 4.69) is 36.4 Å². The van der Waals surface area contributed by atoms with Gasteiger partial charge in [-0.2, -0.15) is 21.7 Å². The van der Waals surface area contributed by atoms with E-state index in [4.69, 9.17) is 0 Å². The van der Waals surface area contributed by atoms with Gasteiger partial charge in [-0.3, -0.25) is 0 Å². The molecule has 18 heavy (non-hydrogen) atoms. The Morgan fingerprint density at radius 1 is 1.44 bits per heavy atom. The third kappa shape index (κ3) is 2.66. The van der Waals surface area contributed by atoms with Gasteiger partial charge in [-0.05, 0) is 18.4 Å². The Morgan fingerprint density at radius 2 is 2.28 bits per heavy atom. The maximum atomic E-state index is 4.50. The Morgan fingerprint density at radius 3 is 3.00 bits per heavy atom. The summed E-state index contributed by atoms with van der Waals surface area (Å²) in [7, 11) is 3.85. The van der Waals surface area contributed by atoms with Gasteiger partial charge in [0.15, 0.2) is 11.5 Å². The molecule has 0 aliphatic heterocycles. The van der Waals surface area contributed by atoms with Crippen LogP contribution >= 0.6 is 11.8 Å². The molecule has 2 aromatic heterocycles. The van der Waals surface area contributed by atoms with Crippen LogP contribution in [-0.2, 0) is 0 Å². The van der Waals surface area contributed by atoms with Crippen LogP contribution in [0.3, 0.4) is 0 Å². The van der Waals surface area contributed by atoms with Crippen LogP contribution in [0.25, 0.3) is 11.2 Å². The number of fused-ring (bicyclic) bond motifs is 1. The first-order chi connectivity index (χ1) is 8.76. The topological polar surface area (TPSA) is 69.7 Å². The summed E-state index contributed by atoms with van der Waals surface area (Å²) < 4.78 is 0. The number of thioether (sulfide) groups is 1. The number of imidazole rings is 1. The molecule has 0 spiro atoms. The molecule has 0 bridgehead atoms. The average Bonchev–Trinajstić information content (AvgIpc) is 2.85. The fourth-order valence-corrected chi connectivity index (χ4v) is 2.18. The van der Waals surface area contributed by atoms with Crippen LogP contribution in [0.1, 0.15) is 6.42 Å². The number of anilines is 2. The van der Waals surface area contributed by atoms with Gasteiger partial charge in [0.2, 0.25) is 5.95 Å². The molecule has 2 heterocycles. The van der Waals surface area contributed by atoms with Crippen molar-refractivity contribution < 1.29 is 0 Å². The smallest absolute Gasteiger partial charge is 0.226 e. The Bertz CT molecular complexity index is 511. The van der Waals surface area contributed by atoms with Gasteiger partial charge in [0.25, 0.3) is 0 Å². The zero-order chi connectivity index (χ0) is 13.0. The number of rotatable bonds is 6. The van der Waals surface area contributed by atoms with Gasteiger partial charge in [0, 0.05) is 20.6 Å². The molecule has 0 fully saturated rings. The molecule has 0 amide bonds. The van der Waals surface area contributed by atoms with E-state index in [1.807, 2.05) is 25.9 Å². The van der Waals surface area contributed by atoms with Crippen molar-refractivity contribution in [3.05, 3.63) is 6.33 Å². The zero-order valence-electron chi connectivity index (χ0n) is 10.9. The Kier molecular flexibility index (Phi) is 4.24. The lowest BCUT2D eigenvalue weighted by atomic mass is 10.4. The second kappa shape index (κ2) is 5.90. The molecule has 2 rings (SSSR count). The zero-order valence-corrected chi connectivity index (χ0v) is 11.7. The number of hydrogen-bond acceptors (Lipinski definition) is 6. The van der Waals surface area contributed by atoms with Crippen LogP contribution in [0.4, 0.5) is 11.8 Å². The summed E-state index contributed by atoms with van der Waals surface area (Å²) in [6.07, 6.45) is 4.90. The highest BCUT2D eigenvalue weighted by molar-refractivity contribution is 7.98. The minimum Gasteiger partial charge on any atom is -0.358 e. The molecule has 0 aliphatic rings. The molecule has 7 heteroatoms. The van der Waals surface area contributed by atoms with Gasteiger partial charge in [-0.25, -0.2) is 4.98 Å². The molecule has 0 saturated carbocycles. The molecule has 0 unspecified atom stereocenters. The molecule has 2 N–H and O–H groups in total. The van der Waals surface area contributed by atoms with Crippen LogP contribution in [0.2, 0.25) is 0 Å². The van der Waals surface area contributed by atoms with Crippen molar-refractivity contribution in [2.45, 2.75) is 6.42 Å². The maximum Gasteiger partial charge on any atom is 0.226 e. The number of H-pyrrole nitrogens is 1. The van der Waals surface area contributed by atoms with E-state index in [-0.39, 0.29) is 0 Å². The van der Waals surface area contributed by atoms with Crippen LogP contribution in [0, 0.1) is 0 Å². The van der Waals surface area contributed by atoms with Crippen LogP contribution in [0.15, 0.2) is 6.33 Å². The van der Waals surface area contributed by atoms with Crippen molar-refractivity contribution in [1.82, 2.24) is 19.9 Å². The van der Waals surface area contributed by atoms with Gasteiger partial charge in [-0.15, -0.1) is 0 Å². The summed E-state index contributed by atoms with van der Waals surface area (Å²) in [5.41, 5.74) is 1.58. The number of aromatic amines is 1. The predicted octanol–water partition coefficient (Wildman–Crippen LogP) is 1.58. The summed E-state index contributed by atoms with van der Waals surface area (Å²) in [4.78, 5) is 18.2. The van der Waals surface area contributed by atoms with Gasteiger partial charge in [0.05, 0.1) is 6.33 Å². The van der Waals surface area contributed by atoms with Crippen LogP contribution in [0.5, 0.6) is 0 Å². The molecular weight excluding hydrogens is 248 g/mol. The summed E-state index contributed by atoms with van der Waals surface area (Å²) >= 11 is 1.86. The summed E-state index contributed by atoms with van der Waals surface area (Å²) in [6, 6.07) is 0. The van der Waals surface area contributed by atoms with Crippen molar-refractivity contribution in [3.63, 3.8) is 0 Å². The largest absolute Gasteiger partial charge is 0.358 e. The second-order valence-electron chi connectivity index (χ2n) is 3.99. The molecule has 0 aromatic carbocycles. The fourth-order valence-electron chi connectivity index (χ4n) is 1.76. The molecule has 0 saturated heterocycles. The SMILES string of the molecule is CNc1nc(N(C)CCCSC)c2[nH]cnc2n1. The first-order valence-corrected chi connectivity index (χ1v) is 7.24. The van der Waals surface area contributed by atoms with Crippen molar-refractivity contribution >= 4 is 34.7 Å². The van der Waals surface area contributed by atoms with Crippen molar-refractivity contribution in [1.29, 1.82) is 0 Å². The lowest BCUT2D eigenvalue weighted by molar-refractivity contribution is 0.846. The van der Waals surface area contributed by atoms with E-state index < -0.39 is 0 Å². The summed E-state index contributed by atoms with van der Waals surface area (Å²) in [5, 5.41) is 2.96. The van der Waals surface area contributed by atoms with Crippen LogP contribution < -0.4 is 10.2 Å². The van der Waals surface area contributed by atoms with Crippen molar-refractivity contribution in [3.8, 4) is 0 Å². The quantitative estimate of drug-likeness (QED) is 0.774. The standard InChI is InChI=1S/C11H18N6S/c1-12-11-15-9-8(13-7-14-9)10(16-11)17(2)5-4-6-18-3/h7H,4-6H2,1-3H3,(H2,12,13,14,15,16). The van der Waals surface area contributed by atoms with E-state index in [1.165, 1.54) is 0 Å². The fraction of sp³-hybridized carbons (Fsp3) is 0.545. The van der Waals surface area contributed by atoms with E-state index in [0.717, 1.165) is 30.1 Å². The van der Waals surface area contributed by atoms with Crippen molar-refractivity contribution in [2.75, 3.05) is 42.9 Å². The van der Waals surface area contributed by atoms with Gasteiger partial charge in [0.1, 0.15) is 5.52 Å². The van der Waals surface area contributed by atoms with Crippen molar-refractivity contribution in [2.24, 2.45) is 0 Å². The lowest BCUT2D eigenvalue weighted by Crippen LogP contribution is -2.21. The number of hydrogen-bond donors (Lipinski definition) is 2. The molecule has 6 nitrogen and oxygen atoms in total. The summed E-state index contributed by atoms with van der Waals surface area (Å²) in [6.45, 7) is 0.967. The lowest BCUT2D eigenvalue weighted by Gasteiger charge is -2.18. The van der Waals surface area contributed by atoms with Crippen LogP contribution in [-0.4, -0.2) is 52.6 Å². The van der Waals surface area contributed by atoms with Gasteiger partial charge >= 0.3 is 0 Å². The Balaban J connectivity index is 2.27. The molecule has 2 aromatic rings. The van der Waals surface area contributed by atoms with E-state index in [1.54, 1.807) is 6.33 Å². The third-order valence-electron chi connectivity index (χ3n) is 2.69. The Hall–Kier alpha value is -1.50. The highest BCUT2D eigenvalue weighted by Crippen LogP contribution is 2.21. The molecule has 0 aliphatic carbocycles.